The van der Waals surface area contributed by atoms with Crippen LogP contribution in [0.2, 0.25) is 0 Å². The van der Waals surface area contributed by atoms with Crippen LogP contribution in [0.25, 0.3) is 0 Å². The number of carbonyl (C=O) groups is 1. The molecular weight excluding hydrogens is 363 g/mol. The first-order valence-corrected chi connectivity index (χ1v) is 9.33. The van der Waals surface area contributed by atoms with Crippen molar-refractivity contribution in [3.05, 3.63) is 53.3 Å². The highest BCUT2D eigenvalue weighted by Crippen LogP contribution is 2.37. The molecule has 0 unspecified atom stereocenters. The van der Waals surface area contributed by atoms with Crippen LogP contribution in [0.3, 0.4) is 0 Å². The summed E-state index contributed by atoms with van der Waals surface area (Å²) >= 11 is 0. The molecule has 0 bridgehead atoms. The predicted molar refractivity (Wildman–Crippen MR) is 102 cm³/mol. The molecule has 0 saturated carbocycles. The molecule has 1 amide bonds. The van der Waals surface area contributed by atoms with Gasteiger partial charge in [-0.15, -0.1) is 0 Å². The molecule has 6 nitrogen and oxygen atoms in total. The molecule has 2 N–H and O–H groups in total. The van der Waals surface area contributed by atoms with Crippen LogP contribution in [-0.2, 0) is 21.6 Å². The van der Waals surface area contributed by atoms with Crippen molar-refractivity contribution in [2.75, 3.05) is 32.2 Å². The lowest BCUT2D eigenvalue weighted by molar-refractivity contribution is -0.118. The highest BCUT2D eigenvalue weighted by molar-refractivity contribution is 5.95. The van der Waals surface area contributed by atoms with Gasteiger partial charge in [-0.05, 0) is 36.6 Å². The summed E-state index contributed by atoms with van der Waals surface area (Å²) in [4.78, 5) is 11.6. The molecule has 0 spiro atoms. The van der Waals surface area contributed by atoms with Crippen molar-refractivity contribution in [2.45, 2.75) is 24.9 Å². The van der Waals surface area contributed by atoms with E-state index in [1.165, 1.54) is 7.11 Å². The minimum Gasteiger partial charge on any atom is -0.494 e. The van der Waals surface area contributed by atoms with E-state index in [4.69, 9.17) is 14.2 Å². The van der Waals surface area contributed by atoms with Gasteiger partial charge in [0.15, 0.2) is 18.2 Å². The third-order valence-corrected chi connectivity index (χ3v) is 5.35. The molecule has 2 aromatic rings. The molecule has 7 heteroatoms. The summed E-state index contributed by atoms with van der Waals surface area (Å²) in [5.74, 6) is 0.379. The number of fused-ring (bicyclic) bond motifs is 1. The van der Waals surface area contributed by atoms with E-state index in [1.807, 2.05) is 24.3 Å². The van der Waals surface area contributed by atoms with Crippen molar-refractivity contribution in [1.29, 1.82) is 0 Å². The summed E-state index contributed by atoms with van der Waals surface area (Å²) in [5, 5.41) is 6.36. The monoisotopic (exact) mass is 386 g/mol. The average molecular weight is 386 g/mol. The summed E-state index contributed by atoms with van der Waals surface area (Å²) < 4.78 is 31.1. The standard InChI is InChI=1S/C21H23FN2O4/c1-26-18-4-2-3-15(20(18)22)21(7-9-27-10-8-21)23-12-14-5-6-17-16(11-14)24-19(25)13-28-17/h2-6,11,23H,7-10,12-13H2,1H3,(H,24,25). The van der Waals surface area contributed by atoms with Gasteiger partial charge < -0.3 is 24.8 Å². The van der Waals surface area contributed by atoms with Crippen molar-refractivity contribution < 1.29 is 23.4 Å². The maximum atomic E-state index is 15.0. The summed E-state index contributed by atoms with van der Waals surface area (Å²) in [7, 11) is 1.47. The van der Waals surface area contributed by atoms with Crippen molar-refractivity contribution in [1.82, 2.24) is 5.32 Å². The molecule has 0 aromatic heterocycles. The number of hydrogen-bond acceptors (Lipinski definition) is 5. The van der Waals surface area contributed by atoms with Gasteiger partial charge in [0.25, 0.3) is 5.91 Å². The van der Waals surface area contributed by atoms with Crippen LogP contribution in [0.5, 0.6) is 11.5 Å². The molecule has 1 fully saturated rings. The fourth-order valence-corrected chi connectivity index (χ4v) is 3.81. The van der Waals surface area contributed by atoms with Gasteiger partial charge in [-0.25, -0.2) is 4.39 Å². The Hall–Kier alpha value is -2.64. The third-order valence-electron chi connectivity index (χ3n) is 5.35. The number of amides is 1. The molecule has 28 heavy (non-hydrogen) atoms. The molecule has 4 rings (SSSR count). The Kier molecular flexibility index (Phi) is 5.19. The van der Waals surface area contributed by atoms with Crippen LogP contribution in [0.15, 0.2) is 36.4 Å². The molecule has 148 valence electrons. The number of nitrogens with one attached hydrogen (secondary N) is 2. The maximum absolute atomic E-state index is 15.0. The van der Waals surface area contributed by atoms with Gasteiger partial charge in [-0.3, -0.25) is 4.79 Å². The SMILES string of the molecule is COc1cccc(C2(NCc3ccc4c(c3)NC(=O)CO4)CCOCC2)c1F. The third kappa shape index (κ3) is 3.55. The van der Waals surface area contributed by atoms with E-state index in [-0.39, 0.29) is 24.1 Å². The van der Waals surface area contributed by atoms with E-state index in [9.17, 15) is 4.79 Å². The molecule has 2 heterocycles. The Labute approximate surface area is 163 Å². The number of methoxy groups -OCH3 is 1. The number of anilines is 1. The Balaban J connectivity index is 1.60. The number of rotatable bonds is 5. The minimum atomic E-state index is -0.549. The maximum Gasteiger partial charge on any atom is 0.262 e. The van der Waals surface area contributed by atoms with Crippen molar-refractivity contribution in [2.24, 2.45) is 0 Å². The molecular formula is C21H23FN2O4. The van der Waals surface area contributed by atoms with Crippen LogP contribution in [0.4, 0.5) is 10.1 Å². The Morgan fingerprint density at radius 1 is 1.25 bits per heavy atom. The van der Waals surface area contributed by atoms with Crippen LogP contribution in [0, 0.1) is 5.82 Å². The van der Waals surface area contributed by atoms with Crippen LogP contribution in [-0.4, -0.2) is 32.8 Å². The number of hydrogen-bond donors (Lipinski definition) is 2. The van der Waals surface area contributed by atoms with Crippen LogP contribution in [0.1, 0.15) is 24.0 Å². The van der Waals surface area contributed by atoms with Crippen molar-refractivity contribution in [3.63, 3.8) is 0 Å². The smallest absolute Gasteiger partial charge is 0.262 e. The average Bonchev–Trinajstić information content (AvgIpc) is 2.73. The van der Waals surface area contributed by atoms with Crippen LogP contribution < -0.4 is 20.1 Å². The first-order chi connectivity index (χ1) is 13.6. The summed E-state index contributed by atoms with van der Waals surface area (Å²) in [6.07, 6.45) is 1.31. The predicted octanol–water partition coefficient (Wildman–Crippen LogP) is 2.96. The Morgan fingerprint density at radius 2 is 2.07 bits per heavy atom. The second-order valence-corrected chi connectivity index (χ2v) is 7.04. The lowest BCUT2D eigenvalue weighted by Gasteiger charge is -2.39. The van der Waals surface area contributed by atoms with Gasteiger partial charge in [0.05, 0.1) is 18.3 Å². The zero-order valence-corrected chi connectivity index (χ0v) is 15.7. The second kappa shape index (κ2) is 7.77. The van der Waals surface area contributed by atoms with E-state index in [0.29, 0.717) is 49.6 Å². The van der Waals surface area contributed by atoms with Gasteiger partial charge in [0.1, 0.15) is 5.75 Å². The molecule has 2 aliphatic heterocycles. The van der Waals surface area contributed by atoms with Crippen molar-refractivity contribution in [3.8, 4) is 11.5 Å². The number of halogens is 1. The molecule has 0 radical (unpaired) electrons. The molecule has 2 aromatic carbocycles. The topological polar surface area (TPSA) is 68.8 Å². The van der Waals surface area contributed by atoms with Gasteiger partial charge in [-0.2, -0.15) is 0 Å². The molecule has 0 aliphatic carbocycles. The fraction of sp³-hybridized carbons (Fsp3) is 0.381. The normalized spacial score (nSPS) is 18.0. The highest BCUT2D eigenvalue weighted by Gasteiger charge is 2.37. The van der Waals surface area contributed by atoms with E-state index in [0.717, 1.165) is 5.56 Å². The van der Waals surface area contributed by atoms with Crippen molar-refractivity contribution >= 4 is 11.6 Å². The van der Waals surface area contributed by atoms with Gasteiger partial charge in [0, 0.05) is 25.3 Å². The molecule has 0 atom stereocenters. The van der Waals surface area contributed by atoms with E-state index < -0.39 is 5.54 Å². The van der Waals surface area contributed by atoms with E-state index in [2.05, 4.69) is 10.6 Å². The quantitative estimate of drug-likeness (QED) is 0.827. The zero-order chi connectivity index (χ0) is 19.6. The first kappa shape index (κ1) is 18.7. The Bertz CT molecular complexity index is 881. The molecule has 1 saturated heterocycles. The van der Waals surface area contributed by atoms with Gasteiger partial charge >= 0.3 is 0 Å². The molecule has 2 aliphatic rings. The first-order valence-electron chi connectivity index (χ1n) is 9.33. The van der Waals surface area contributed by atoms with Gasteiger partial charge in [-0.1, -0.05) is 18.2 Å². The fourth-order valence-electron chi connectivity index (χ4n) is 3.81. The van der Waals surface area contributed by atoms with Gasteiger partial charge in [0.2, 0.25) is 0 Å². The number of benzene rings is 2. The van der Waals surface area contributed by atoms with Crippen LogP contribution >= 0.6 is 0 Å². The Morgan fingerprint density at radius 3 is 2.86 bits per heavy atom. The largest absolute Gasteiger partial charge is 0.494 e. The lowest BCUT2D eigenvalue weighted by Crippen LogP contribution is -2.47. The van der Waals surface area contributed by atoms with E-state index >= 15 is 4.39 Å². The number of ether oxygens (including phenoxy) is 3. The summed E-state index contributed by atoms with van der Waals surface area (Å²) in [5.41, 5.74) is 1.67. The zero-order valence-electron chi connectivity index (χ0n) is 15.7. The lowest BCUT2D eigenvalue weighted by atomic mass is 9.82. The number of carbonyl (C=O) groups excluding carboxylic acids is 1. The van der Waals surface area contributed by atoms with E-state index in [1.54, 1.807) is 12.1 Å². The summed E-state index contributed by atoms with van der Waals surface area (Å²) in [6.45, 7) is 1.65. The minimum absolute atomic E-state index is 0.0306. The highest BCUT2D eigenvalue weighted by atomic mass is 19.1. The summed E-state index contributed by atoms with van der Waals surface area (Å²) in [6, 6.07) is 10.9. The second-order valence-electron chi connectivity index (χ2n) is 7.04.